The van der Waals surface area contributed by atoms with Crippen molar-refractivity contribution in [3.8, 4) is 5.75 Å². The topological polar surface area (TPSA) is 119 Å². The summed E-state index contributed by atoms with van der Waals surface area (Å²) in [5.41, 5.74) is -0.282. The number of carboxylic acids is 1. The van der Waals surface area contributed by atoms with Crippen LogP contribution < -0.4 is 10.1 Å². The fraction of sp³-hybridized carbons (Fsp3) is 0.273. The van der Waals surface area contributed by atoms with E-state index in [0.29, 0.717) is 0 Å². The van der Waals surface area contributed by atoms with Crippen molar-refractivity contribution in [3.05, 3.63) is 33.3 Å². The van der Waals surface area contributed by atoms with Crippen molar-refractivity contribution in [1.29, 1.82) is 0 Å². The fourth-order valence-corrected chi connectivity index (χ4v) is 1.56. The summed E-state index contributed by atoms with van der Waals surface area (Å²) in [4.78, 5) is 31.6. The highest BCUT2D eigenvalue weighted by Crippen LogP contribution is 2.28. The molecule has 1 rings (SSSR count). The largest absolute Gasteiger partial charge is 0.491 e. The number of hydrogen-bond acceptors (Lipinski definition) is 5. The molecule has 1 aromatic rings. The number of rotatable bonds is 6. The lowest BCUT2D eigenvalue weighted by molar-refractivity contribution is -0.384. The molecular weight excluding hydrogens is 292 g/mol. The number of nitrogens with zero attached hydrogens (tertiary/aromatic N) is 1. The first-order chi connectivity index (χ1) is 9.31. The van der Waals surface area contributed by atoms with E-state index < -0.39 is 22.8 Å². The number of carbonyl (C=O) groups is 2. The van der Waals surface area contributed by atoms with Crippen LogP contribution in [0.1, 0.15) is 6.92 Å². The van der Waals surface area contributed by atoms with Gasteiger partial charge in [-0.15, -0.1) is 0 Å². The van der Waals surface area contributed by atoms with Gasteiger partial charge in [0.2, 0.25) is 5.91 Å². The molecule has 0 heterocycles. The Kier molecular flexibility index (Phi) is 5.27. The van der Waals surface area contributed by atoms with Gasteiger partial charge in [0, 0.05) is 19.1 Å². The summed E-state index contributed by atoms with van der Waals surface area (Å²) in [5.74, 6) is -1.60. The number of nitro groups is 1. The number of nitro benzene ring substituents is 1. The van der Waals surface area contributed by atoms with Gasteiger partial charge in [-0.2, -0.15) is 0 Å². The Hall–Kier alpha value is -2.35. The number of halogens is 1. The second-order valence-electron chi connectivity index (χ2n) is 3.77. The molecule has 1 amide bonds. The summed E-state index contributed by atoms with van der Waals surface area (Å²) in [7, 11) is 0. The maximum Gasteiger partial charge on any atom is 0.329 e. The van der Waals surface area contributed by atoms with Crippen LogP contribution in [0.25, 0.3) is 0 Å². The first-order valence-corrected chi connectivity index (χ1v) is 5.75. The van der Waals surface area contributed by atoms with Crippen LogP contribution in [0.5, 0.6) is 5.75 Å². The van der Waals surface area contributed by atoms with Gasteiger partial charge < -0.3 is 15.2 Å². The number of ether oxygens (including phenoxy) is 1. The van der Waals surface area contributed by atoms with E-state index in [-0.39, 0.29) is 23.1 Å². The van der Waals surface area contributed by atoms with E-state index in [2.05, 4.69) is 5.32 Å². The highest BCUT2D eigenvalue weighted by atomic mass is 35.5. The molecule has 1 atom stereocenters. The zero-order valence-electron chi connectivity index (χ0n) is 10.3. The van der Waals surface area contributed by atoms with Gasteiger partial charge in [-0.3, -0.25) is 14.9 Å². The van der Waals surface area contributed by atoms with E-state index in [1.807, 2.05) is 0 Å². The average Bonchev–Trinajstić information content (AvgIpc) is 2.33. The molecule has 20 heavy (non-hydrogen) atoms. The zero-order chi connectivity index (χ0) is 15.3. The van der Waals surface area contributed by atoms with Crippen LogP contribution in [-0.4, -0.2) is 34.6 Å². The normalized spacial score (nSPS) is 11.5. The van der Waals surface area contributed by atoms with Crippen LogP contribution in [0.15, 0.2) is 18.2 Å². The Bertz CT molecular complexity index is 548. The van der Waals surface area contributed by atoms with E-state index in [0.717, 1.165) is 6.07 Å². The monoisotopic (exact) mass is 302 g/mol. The Balaban J connectivity index is 2.73. The predicted molar refractivity (Wildman–Crippen MR) is 68.8 cm³/mol. The van der Waals surface area contributed by atoms with Gasteiger partial charge in [-0.1, -0.05) is 11.6 Å². The number of benzene rings is 1. The van der Waals surface area contributed by atoms with Crippen molar-refractivity contribution in [2.24, 2.45) is 0 Å². The molecule has 0 saturated heterocycles. The minimum absolute atomic E-state index is 0.126. The van der Waals surface area contributed by atoms with Crippen LogP contribution in [-0.2, 0) is 9.59 Å². The maximum absolute atomic E-state index is 10.9. The van der Waals surface area contributed by atoms with E-state index in [4.69, 9.17) is 21.4 Å². The molecule has 0 saturated carbocycles. The summed E-state index contributed by atoms with van der Waals surface area (Å²) in [5, 5.41) is 21.5. The van der Waals surface area contributed by atoms with Gasteiger partial charge in [0.25, 0.3) is 5.69 Å². The average molecular weight is 303 g/mol. The van der Waals surface area contributed by atoms with Crippen LogP contribution in [0.2, 0.25) is 5.02 Å². The van der Waals surface area contributed by atoms with Crippen LogP contribution >= 0.6 is 11.6 Å². The SMILES string of the molecule is CC(=O)NC(COc1ccc([N+](=O)[O-])c(Cl)c1)C(=O)O. The second-order valence-corrected chi connectivity index (χ2v) is 4.18. The molecule has 0 aliphatic rings. The van der Waals surface area contributed by atoms with Gasteiger partial charge in [0.15, 0.2) is 6.04 Å². The molecule has 0 fully saturated rings. The summed E-state index contributed by atoms with van der Waals surface area (Å²) in [6, 6.07) is 2.41. The lowest BCUT2D eigenvalue weighted by Gasteiger charge is -2.14. The summed E-state index contributed by atoms with van der Waals surface area (Å²) in [6.07, 6.45) is 0. The van der Waals surface area contributed by atoms with Crippen molar-refractivity contribution < 1.29 is 24.4 Å². The van der Waals surface area contributed by atoms with Crippen LogP contribution in [0, 0.1) is 10.1 Å². The molecule has 0 radical (unpaired) electrons. The van der Waals surface area contributed by atoms with E-state index in [1.54, 1.807) is 0 Å². The first kappa shape index (κ1) is 15.7. The van der Waals surface area contributed by atoms with Crippen molar-refractivity contribution in [2.75, 3.05) is 6.61 Å². The van der Waals surface area contributed by atoms with Gasteiger partial charge in [0.05, 0.1) is 4.92 Å². The smallest absolute Gasteiger partial charge is 0.329 e. The van der Waals surface area contributed by atoms with Crippen molar-refractivity contribution in [1.82, 2.24) is 5.32 Å². The number of aliphatic carboxylic acids is 1. The minimum atomic E-state index is -1.26. The van der Waals surface area contributed by atoms with E-state index in [9.17, 15) is 19.7 Å². The predicted octanol–water partition coefficient (Wildman–Crippen LogP) is 1.22. The number of nitrogens with one attached hydrogen (secondary N) is 1. The van der Waals surface area contributed by atoms with Crippen molar-refractivity contribution in [3.63, 3.8) is 0 Å². The molecule has 108 valence electrons. The standard InChI is InChI=1S/C11H11ClN2O6/c1-6(15)13-9(11(16)17)5-20-7-2-3-10(14(18)19)8(12)4-7/h2-4,9H,5H2,1H3,(H,13,15)(H,16,17). The minimum Gasteiger partial charge on any atom is -0.491 e. The van der Waals surface area contributed by atoms with Crippen molar-refractivity contribution in [2.45, 2.75) is 13.0 Å². The number of amides is 1. The van der Waals surface area contributed by atoms with Gasteiger partial charge in [-0.05, 0) is 6.07 Å². The molecule has 1 unspecified atom stereocenters. The second kappa shape index (κ2) is 6.71. The zero-order valence-corrected chi connectivity index (χ0v) is 11.1. The molecule has 0 aromatic heterocycles. The van der Waals surface area contributed by atoms with Gasteiger partial charge in [0.1, 0.15) is 17.4 Å². The summed E-state index contributed by atoms with van der Waals surface area (Å²) in [6.45, 7) is 0.849. The third-order valence-electron chi connectivity index (χ3n) is 2.21. The van der Waals surface area contributed by atoms with E-state index in [1.165, 1.54) is 19.1 Å². The molecule has 0 aliphatic carbocycles. The molecular formula is C11H11ClN2O6. The van der Waals surface area contributed by atoms with Gasteiger partial charge >= 0.3 is 5.97 Å². The first-order valence-electron chi connectivity index (χ1n) is 5.38. The summed E-state index contributed by atoms with van der Waals surface area (Å²) >= 11 is 5.68. The molecule has 2 N–H and O–H groups in total. The molecule has 9 heteroatoms. The highest BCUT2D eigenvalue weighted by Gasteiger charge is 2.20. The highest BCUT2D eigenvalue weighted by molar-refractivity contribution is 6.32. The Labute approximate surface area is 118 Å². The van der Waals surface area contributed by atoms with Crippen LogP contribution in [0.4, 0.5) is 5.69 Å². The van der Waals surface area contributed by atoms with Crippen LogP contribution in [0.3, 0.4) is 0 Å². The lowest BCUT2D eigenvalue weighted by Crippen LogP contribution is -2.43. The number of carbonyl (C=O) groups excluding carboxylic acids is 1. The quantitative estimate of drug-likeness (QED) is 0.602. The number of carboxylic acid groups (broad SMARTS) is 1. The lowest BCUT2D eigenvalue weighted by atomic mass is 10.3. The summed E-state index contributed by atoms with van der Waals surface area (Å²) < 4.78 is 5.14. The third-order valence-corrected chi connectivity index (χ3v) is 2.51. The Morgan fingerprint density at radius 1 is 1.55 bits per heavy atom. The molecule has 0 aliphatic heterocycles. The Morgan fingerprint density at radius 2 is 2.20 bits per heavy atom. The Morgan fingerprint density at radius 3 is 2.65 bits per heavy atom. The molecule has 0 bridgehead atoms. The number of hydrogen-bond donors (Lipinski definition) is 2. The third kappa shape index (κ3) is 4.39. The van der Waals surface area contributed by atoms with Crippen molar-refractivity contribution >= 4 is 29.2 Å². The molecule has 0 spiro atoms. The molecule has 1 aromatic carbocycles. The fourth-order valence-electron chi connectivity index (χ4n) is 1.33. The maximum atomic E-state index is 10.9. The molecule has 8 nitrogen and oxygen atoms in total. The van der Waals surface area contributed by atoms with Gasteiger partial charge in [-0.25, -0.2) is 4.79 Å². The van der Waals surface area contributed by atoms with E-state index >= 15 is 0 Å².